The number of sulfonamides is 1. The van der Waals surface area contributed by atoms with Gasteiger partial charge in [0, 0.05) is 19.3 Å². The van der Waals surface area contributed by atoms with Crippen molar-refractivity contribution in [2.24, 2.45) is 0 Å². The molecule has 0 amide bonds. The van der Waals surface area contributed by atoms with Gasteiger partial charge in [-0.1, -0.05) is 23.7 Å². The molecular weight excluding hydrogens is 376 g/mol. The number of aryl methyl sites for hydroxylation is 1. The van der Waals surface area contributed by atoms with E-state index in [9.17, 15) is 8.42 Å². The summed E-state index contributed by atoms with van der Waals surface area (Å²) in [6.45, 7) is 2.41. The molecule has 10 heteroatoms. The Hall–Kier alpha value is -2.49. The van der Waals surface area contributed by atoms with Crippen molar-refractivity contribution in [3.05, 3.63) is 59.4 Å². The van der Waals surface area contributed by atoms with Crippen molar-refractivity contribution in [1.82, 2.24) is 24.7 Å². The van der Waals surface area contributed by atoms with E-state index in [-0.39, 0.29) is 16.5 Å². The Morgan fingerprint density at radius 1 is 1.08 bits per heavy atom. The summed E-state index contributed by atoms with van der Waals surface area (Å²) in [4.78, 5) is 0.0559. The number of rotatable bonds is 7. The molecular formula is C16H17ClN6O2S. The minimum absolute atomic E-state index is 0.0559. The van der Waals surface area contributed by atoms with E-state index in [2.05, 4.69) is 25.3 Å². The van der Waals surface area contributed by atoms with Crippen molar-refractivity contribution in [2.45, 2.75) is 11.8 Å². The summed E-state index contributed by atoms with van der Waals surface area (Å²) < 4.78 is 28.5. The van der Waals surface area contributed by atoms with Gasteiger partial charge < -0.3 is 5.32 Å². The summed E-state index contributed by atoms with van der Waals surface area (Å²) in [6, 6.07) is 11.7. The molecule has 2 aromatic heterocycles. The second-order valence-electron chi connectivity index (χ2n) is 5.43. The lowest BCUT2D eigenvalue weighted by molar-refractivity contribution is 0.583. The third kappa shape index (κ3) is 4.37. The van der Waals surface area contributed by atoms with Gasteiger partial charge in [0.25, 0.3) is 0 Å². The molecule has 136 valence electrons. The second-order valence-corrected chi connectivity index (χ2v) is 7.58. The third-order valence-corrected chi connectivity index (χ3v) is 5.42. The van der Waals surface area contributed by atoms with Crippen LogP contribution >= 0.6 is 11.6 Å². The van der Waals surface area contributed by atoms with Crippen LogP contribution in [0.4, 0.5) is 5.82 Å². The molecule has 0 unspecified atom stereocenters. The fourth-order valence-electron chi connectivity index (χ4n) is 2.20. The molecule has 26 heavy (non-hydrogen) atoms. The Morgan fingerprint density at radius 2 is 1.88 bits per heavy atom. The summed E-state index contributed by atoms with van der Waals surface area (Å²) >= 11 is 5.92. The Balaban J connectivity index is 1.53. The predicted molar refractivity (Wildman–Crippen MR) is 99.0 cm³/mol. The van der Waals surface area contributed by atoms with Crippen molar-refractivity contribution in [3.8, 4) is 5.82 Å². The van der Waals surface area contributed by atoms with Gasteiger partial charge in [-0.3, -0.25) is 0 Å². The van der Waals surface area contributed by atoms with Gasteiger partial charge >= 0.3 is 0 Å². The fraction of sp³-hybridized carbons (Fsp3) is 0.188. The van der Waals surface area contributed by atoms with Crippen molar-refractivity contribution in [2.75, 3.05) is 18.4 Å². The third-order valence-electron chi connectivity index (χ3n) is 3.46. The van der Waals surface area contributed by atoms with Gasteiger partial charge in [0.05, 0.1) is 10.7 Å². The van der Waals surface area contributed by atoms with Gasteiger partial charge in [-0.25, -0.2) is 17.8 Å². The second kappa shape index (κ2) is 7.81. The molecule has 2 N–H and O–H groups in total. The molecule has 0 aliphatic heterocycles. The molecule has 1 aromatic carbocycles. The predicted octanol–water partition coefficient (Wildman–Crippen LogP) is 2.01. The number of anilines is 1. The van der Waals surface area contributed by atoms with Crippen LogP contribution in [0, 0.1) is 6.92 Å². The Bertz CT molecular complexity index is 988. The smallest absolute Gasteiger partial charge is 0.242 e. The van der Waals surface area contributed by atoms with Crippen LogP contribution in [-0.2, 0) is 10.0 Å². The first-order valence-electron chi connectivity index (χ1n) is 7.80. The molecule has 0 aliphatic carbocycles. The van der Waals surface area contributed by atoms with Crippen molar-refractivity contribution < 1.29 is 8.42 Å². The highest BCUT2D eigenvalue weighted by atomic mass is 35.5. The topological polar surface area (TPSA) is 102 Å². The van der Waals surface area contributed by atoms with E-state index in [4.69, 9.17) is 11.6 Å². The molecule has 0 spiro atoms. The molecule has 0 radical (unpaired) electrons. The maximum Gasteiger partial charge on any atom is 0.242 e. The summed E-state index contributed by atoms with van der Waals surface area (Å²) in [5.41, 5.74) is 0.889. The SMILES string of the molecule is Cc1ccn(-c2ccc(NCCNS(=O)(=O)c3ccccc3Cl)nn2)n1. The van der Waals surface area contributed by atoms with Crippen LogP contribution in [0.25, 0.3) is 5.82 Å². The zero-order valence-electron chi connectivity index (χ0n) is 13.9. The summed E-state index contributed by atoms with van der Waals surface area (Å²) in [5.74, 6) is 1.14. The Labute approximate surface area is 156 Å². The van der Waals surface area contributed by atoms with Crippen LogP contribution in [0.3, 0.4) is 0 Å². The summed E-state index contributed by atoms with van der Waals surface area (Å²) in [7, 11) is -3.66. The first kappa shape index (κ1) is 18.3. The van der Waals surface area contributed by atoms with Crippen LogP contribution in [0.5, 0.6) is 0 Å². The monoisotopic (exact) mass is 392 g/mol. The highest BCUT2D eigenvalue weighted by molar-refractivity contribution is 7.89. The maximum absolute atomic E-state index is 12.2. The average Bonchev–Trinajstić information content (AvgIpc) is 3.06. The number of halogens is 1. The largest absolute Gasteiger partial charge is 0.367 e. The quantitative estimate of drug-likeness (QED) is 0.596. The van der Waals surface area contributed by atoms with E-state index in [1.807, 2.05) is 13.0 Å². The Kier molecular flexibility index (Phi) is 5.50. The highest BCUT2D eigenvalue weighted by Gasteiger charge is 2.16. The van der Waals surface area contributed by atoms with Crippen LogP contribution in [-0.4, -0.2) is 41.5 Å². The molecule has 0 atom stereocenters. The molecule has 0 saturated carbocycles. The van der Waals surface area contributed by atoms with Crippen LogP contribution < -0.4 is 10.0 Å². The van der Waals surface area contributed by atoms with Crippen LogP contribution in [0.1, 0.15) is 5.69 Å². The van der Waals surface area contributed by atoms with E-state index in [1.165, 1.54) is 12.1 Å². The summed E-state index contributed by atoms with van der Waals surface area (Å²) in [5, 5.41) is 15.6. The normalized spacial score (nSPS) is 11.5. The number of hydrogen-bond acceptors (Lipinski definition) is 6. The lowest BCUT2D eigenvalue weighted by atomic mass is 10.4. The van der Waals surface area contributed by atoms with Gasteiger partial charge in [0.15, 0.2) is 5.82 Å². The molecule has 3 rings (SSSR count). The van der Waals surface area contributed by atoms with Gasteiger partial charge in [-0.05, 0) is 37.3 Å². The zero-order valence-corrected chi connectivity index (χ0v) is 15.5. The molecule has 8 nitrogen and oxygen atoms in total. The first-order chi connectivity index (χ1) is 12.5. The lowest BCUT2D eigenvalue weighted by Crippen LogP contribution is -2.29. The highest BCUT2D eigenvalue weighted by Crippen LogP contribution is 2.19. The zero-order chi connectivity index (χ0) is 18.6. The van der Waals surface area contributed by atoms with Crippen molar-refractivity contribution in [3.63, 3.8) is 0 Å². The molecule has 3 aromatic rings. The van der Waals surface area contributed by atoms with Crippen LogP contribution in [0.15, 0.2) is 53.6 Å². The van der Waals surface area contributed by atoms with Gasteiger partial charge in [0.2, 0.25) is 10.0 Å². The molecule has 2 heterocycles. The van der Waals surface area contributed by atoms with Crippen LogP contribution in [0.2, 0.25) is 5.02 Å². The van der Waals surface area contributed by atoms with Gasteiger partial charge in [-0.15, -0.1) is 10.2 Å². The number of aromatic nitrogens is 4. The minimum atomic E-state index is -3.66. The summed E-state index contributed by atoms with van der Waals surface area (Å²) in [6.07, 6.45) is 1.80. The Morgan fingerprint density at radius 3 is 2.54 bits per heavy atom. The van der Waals surface area contributed by atoms with E-state index in [1.54, 1.807) is 35.1 Å². The first-order valence-corrected chi connectivity index (χ1v) is 9.66. The number of benzene rings is 1. The average molecular weight is 393 g/mol. The van der Waals surface area contributed by atoms with E-state index in [0.29, 0.717) is 18.2 Å². The standard InChI is InChI=1S/C16H17ClN6O2S/c1-12-8-11-23(22-12)16-7-6-15(20-21-16)18-9-10-19-26(24,25)14-5-3-2-4-13(14)17/h2-8,11,19H,9-10H2,1H3,(H,18,20). The molecule has 0 fully saturated rings. The minimum Gasteiger partial charge on any atom is -0.367 e. The lowest BCUT2D eigenvalue weighted by Gasteiger charge is -2.09. The van der Waals surface area contributed by atoms with Gasteiger partial charge in [-0.2, -0.15) is 5.10 Å². The van der Waals surface area contributed by atoms with Crippen molar-refractivity contribution >= 4 is 27.4 Å². The fourth-order valence-corrected chi connectivity index (χ4v) is 3.75. The van der Waals surface area contributed by atoms with E-state index >= 15 is 0 Å². The maximum atomic E-state index is 12.2. The number of nitrogens with one attached hydrogen (secondary N) is 2. The molecule has 0 bridgehead atoms. The van der Waals surface area contributed by atoms with Gasteiger partial charge in [0.1, 0.15) is 10.7 Å². The number of hydrogen-bond donors (Lipinski definition) is 2. The van der Waals surface area contributed by atoms with E-state index < -0.39 is 10.0 Å². The van der Waals surface area contributed by atoms with E-state index in [0.717, 1.165) is 5.69 Å². The molecule has 0 aliphatic rings. The number of nitrogens with zero attached hydrogens (tertiary/aromatic N) is 4. The van der Waals surface area contributed by atoms with Crippen molar-refractivity contribution in [1.29, 1.82) is 0 Å². The molecule has 0 saturated heterocycles.